The van der Waals surface area contributed by atoms with E-state index >= 15 is 0 Å². The lowest BCUT2D eigenvalue weighted by Gasteiger charge is -2.35. The van der Waals surface area contributed by atoms with Gasteiger partial charge in [-0.15, -0.1) is 0 Å². The molecule has 4 heteroatoms. The highest BCUT2D eigenvalue weighted by molar-refractivity contribution is 9.10. The molecule has 0 radical (unpaired) electrons. The summed E-state index contributed by atoms with van der Waals surface area (Å²) in [6.45, 7) is 4.01. The number of rotatable bonds is 4. The molecular formula is C16H24BrNO2. The van der Waals surface area contributed by atoms with Crippen molar-refractivity contribution in [2.45, 2.75) is 57.6 Å². The Bertz CT molecular complexity index is 468. The van der Waals surface area contributed by atoms with Gasteiger partial charge in [-0.1, -0.05) is 35.2 Å². The van der Waals surface area contributed by atoms with Gasteiger partial charge >= 0.3 is 0 Å². The second kappa shape index (κ2) is 6.35. The number of benzene rings is 1. The lowest BCUT2D eigenvalue weighted by molar-refractivity contribution is 0.229. The third-order valence-corrected chi connectivity index (χ3v) is 4.55. The molecule has 0 bridgehead atoms. The van der Waals surface area contributed by atoms with Crippen LogP contribution in [0.1, 0.15) is 51.5 Å². The molecule has 0 aromatic heterocycles. The summed E-state index contributed by atoms with van der Waals surface area (Å²) in [7, 11) is 1.67. The van der Waals surface area contributed by atoms with Gasteiger partial charge in [0.05, 0.1) is 13.2 Å². The van der Waals surface area contributed by atoms with E-state index < -0.39 is 0 Å². The molecule has 1 aliphatic carbocycles. The average Bonchev–Trinajstić information content (AvgIpc) is 2.39. The normalized spacial score (nSPS) is 18.1. The molecule has 0 spiro atoms. The van der Waals surface area contributed by atoms with Gasteiger partial charge in [-0.2, -0.15) is 0 Å². The topological polar surface area (TPSA) is 44.5 Å². The standard InChI is InChI=1S/C16H24BrNO2/c1-11(2)20-15-10-13(17)12(9-14(15)19-3)16(18)7-5-4-6-8-16/h9-11H,4-8,18H2,1-3H3. The minimum atomic E-state index is -0.249. The van der Waals surface area contributed by atoms with Crippen LogP contribution in [0.5, 0.6) is 11.5 Å². The molecule has 0 amide bonds. The van der Waals surface area contributed by atoms with E-state index in [9.17, 15) is 0 Å². The van der Waals surface area contributed by atoms with Gasteiger partial charge in [0.25, 0.3) is 0 Å². The molecular weight excluding hydrogens is 318 g/mol. The van der Waals surface area contributed by atoms with Gasteiger partial charge in [0.1, 0.15) is 0 Å². The maximum Gasteiger partial charge on any atom is 0.162 e. The minimum absolute atomic E-state index is 0.114. The van der Waals surface area contributed by atoms with E-state index in [1.165, 1.54) is 19.3 Å². The quantitative estimate of drug-likeness (QED) is 0.884. The Morgan fingerprint density at radius 2 is 1.80 bits per heavy atom. The summed E-state index contributed by atoms with van der Waals surface area (Å²) < 4.78 is 12.3. The zero-order chi connectivity index (χ0) is 14.8. The zero-order valence-electron chi connectivity index (χ0n) is 12.5. The van der Waals surface area contributed by atoms with Crippen LogP contribution in [-0.2, 0) is 5.54 Å². The van der Waals surface area contributed by atoms with Crippen molar-refractivity contribution in [3.05, 3.63) is 22.2 Å². The van der Waals surface area contributed by atoms with E-state index in [2.05, 4.69) is 15.9 Å². The molecule has 3 nitrogen and oxygen atoms in total. The van der Waals surface area contributed by atoms with Crippen molar-refractivity contribution in [2.24, 2.45) is 5.73 Å². The Kier molecular flexibility index (Phi) is 4.97. The van der Waals surface area contributed by atoms with Crippen molar-refractivity contribution in [2.75, 3.05) is 7.11 Å². The molecule has 2 N–H and O–H groups in total. The minimum Gasteiger partial charge on any atom is -0.493 e. The molecule has 1 aromatic rings. The molecule has 0 atom stereocenters. The van der Waals surface area contributed by atoms with Crippen molar-refractivity contribution in [1.29, 1.82) is 0 Å². The Labute approximate surface area is 130 Å². The molecule has 1 fully saturated rings. The van der Waals surface area contributed by atoms with Gasteiger partial charge in [0.2, 0.25) is 0 Å². The van der Waals surface area contributed by atoms with Gasteiger partial charge in [0.15, 0.2) is 11.5 Å². The smallest absolute Gasteiger partial charge is 0.162 e. The first-order valence-electron chi connectivity index (χ1n) is 7.30. The zero-order valence-corrected chi connectivity index (χ0v) is 14.1. The summed E-state index contributed by atoms with van der Waals surface area (Å²) in [6.07, 6.45) is 5.83. The largest absolute Gasteiger partial charge is 0.493 e. The predicted octanol–water partition coefficient (Wildman–Crippen LogP) is 4.36. The molecule has 0 unspecified atom stereocenters. The Morgan fingerprint density at radius 1 is 1.15 bits per heavy atom. The summed E-state index contributed by atoms with van der Waals surface area (Å²) in [5, 5.41) is 0. The SMILES string of the molecule is COc1cc(C2(N)CCCCC2)c(Br)cc1OC(C)C. The second-order valence-corrected chi connectivity index (χ2v) is 6.72. The molecule has 112 valence electrons. The Morgan fingerprint density at radius 3 is 2.35 bits per heavy atom. The lowest BCUT2D eigenvalue weighted by atomic mass is 9.77. The number of methoxy groups -OCH3 is 1. The van der Waals surface area contributed by atoms with Gasteiger partial charge < -0.3 is 15.2 Å². The Balaban J connectivity index is 2.39. The number of halogens is 1. The summed E-state index contributed by atoms with van der Waals surface area (Å²) in [4.78, 5) is 0. The maximum atomic E-state index is 6.63. The predicted molar refractivity (Wildman–Crippen MR) is 85.4 cm³/mol. The van der Waals surface area contributed by atoms with E-state index in [1.54, 1.807) is 7.11 Å². The average molecular weight is 342 g/mol. The molecule has 2 rings (SSSR count). The second-order valence-electron chi connectivity index (χ2n) is 5.87. The van der Waals surface area contributed by atoms with Gasteiger partial charge in [-0.3, -0.25) is 0 Å². The van der Waals surface area contributed by atoms with Crippen molar-refractivity contribution in [1.82, 2.24) is 0 Å². The van der Waals surface area contributed by atoms with Crippen LogP contribution < -0.4 is 15.2 Å². The molecule has 1 saturated carbocycles. The fraction of sp³-hybridized carbons (Fsp3) is 0.625. The van der Waals surface area contributed by atoms with Gasteiger partial charge in [-0.25, -0.2) is 0 Å². The molecule has 1 aliphatic rings. The highest BCUT2D eigenvalue weighted by Gasteiger charge is 2.32. The van der Waals surface area contributed by atoms with Crippen LogP contribution in [-0.4, -0.2) is 13.2 Å². The van der Waals surface area contributed by atoms with Crippen LogP contribution in [0.2, 0.25) is 0 Å². The Hall–Kier alpha value is -0.740. The fourth-order valence-corrected chi connectivity index (χ4v) is 3.59. The molecule has 1 aromatic carbocycles. The molecule has 0 aliphatic heterocycles. The number of nitrogens with two attached hydrogens (primary N) is 1. The van der Waals surface area contributed by atoms with Crippen LogP contribution in [0.4, 0.5) is 0 Å². The van der Waals surface area contributed by atoms with Gasteiger partial charge in [0, 0.05) is 10.0 Å². The maximum absolute atomic E-state index is 6.63. The highest BCUT2D eigenvalue weighted by Crippen LogP contribution is 2.43. The van der Waals surface area contributed by atoms with E-state index in [4.69, 9.17) is 15.2 Å². The number of hydrogen-bond acceptors (Lipinski definition) is 3. The van der Waals surface area contributed by atoms with Crippen LogP contribution in [0.3, 0.4) is 0 Å². The van der Waals surface area contributed by atoms with Crippen LogP contribution in [0.25, 0.3) is 0 Å². The fourth-order valence-electron chi connectivity index (χ4n) is 2.87. The summed E-state index contributed by atoms with van der Waals surface area (Å²) in [6, 6.07) is 4.02. The van der Waals surface area contributed by atoms with Crippen LogP contribution >= 0.6 is 15.9 Å². The summed E-state index contributed by atoms with van der Waals surface area (Å²) in [5.41, 5.74) is 7.51. The summed E-state index contributed by atoms with van der Waals surface area (Å²) in [5.74, 6) is 1.52. The lowest BCUT2D eigenvalue weighted by Crippen LogP contribution is -2.39. The third-order valence-electron chi connectivity index (χ3n) is 3.90. The van der Waals surface area contributed by atoms with E-state index in [1.807, 2.05) is 26.0 Å². The van der Waals surface area contributed by atoms with Crippen molar-refractivity contribution in [3.63, 3.8) is 0 Å². The first kappa shape index (κ1) is 15.6. The summed E-state index contributed by atoms with van der Waals surface area (Å²) >= 11 is 3.66. The monoisotopic (exact) mass is 341 g/mol. The van der Waals surface area contributed by atoms with E-state index in [0.717, 1.165) is 34.4 Å². The first-order valence-corrected chi connectivity index (χ1v) is 8.09. The van der Waals surface area contributed by atoms with Crippen molar-refractivity contribution in [3.8, 4) is 11.5 Å². The third kappa shape index (κ3) is 3.29. The molecule has 0 saturated heterocycles. The van der Waals surface area contributed by atoms with Crippen LogP contribution in [0.15, 0.2) is 16.6 Å². The van der Waals surface area contributed by atoms with Crippen molar-refractivity contribution < 1.29 is 9.47 Å². The molecule has 0 heterocycles. The van der Waals surface area contributed by atoms with Gasteiger partial charge in [-0.05, 0) is 44.4 Å². The number of hydrogen-bond donors (Lipinski definition) is 1. The molecule has 20 heavy (non-hydrogen) atoms. The van der Waals surface area contributed by atoms with Crippen molar-refractivity contribution >= 4 is 15.9 Å². The van der Waals surface area contributed by atoms with E-state index in [0.29, 0.717) is 0 Å². The van der Waals surface area contributed by atoms with Crippen LogP contribution in [0, 0.1) is 0 Å². The first-order chi connectivity index (χ1) is 9.46. The van der Waals surface area contributed by atoms with E-state index in [-0.39, 0.29) is 11.6 Å². The number of ether oxygens (including phenoxy) is 2. The highest BCUT2D eigenvalue weighted by atomic mass is 79.9.